The van der Waals surface area contributed by atoms with Gasteiger partial charge in [-0.1, -0.05) is 49.7 Å². The molecular weight excluding hydrogens is 383 g/mol. The second-order valence-electron chi connectivity index (χ2n) is 6.11. The Labute approximate surface area is 188 Å². The zero-order chi connectivity index (χ0) is 17.4. The van der Waals surface area contributed by atoms with E-state index in [1.165, 1.54) is 0 Å². The molecule has 10 heteroatoms. The summed E-state index contributed by atoms with van der Waals surface area (Å²) >= 11 is 6.22. The van der Waals surface area contributed by atoms with Crippen LogP contribution in [-0.4, -0.2) is 31.1 Å². The molecule has 1 heterocycles. The summed E-state index contributed by atoms with van der Waals surface area (Å²) in [6.07, 6.45) is 0.241. The smallest absolute Gasteiger partial charge is 0.714 e. The van der Waals surface area contributed by atoms with Crippen molar-refractivity contribution in [3.8, 4) is 0 Å². The number of amides is 1. The number of carbonyl (C=O) groups is 1. The van der Waals surface area contributed by atoms with Crippen LogP contribution in [0, 0.1) is 5.41 Å². The summed E-state index contributed by atoms with van der Waals surface area (Å²) in [5.41, 5.74) is 0.538. The molecule has 0 fully saturated rings. The van der Waals surface area contributed by atoms with Crippen molar-refractivity contribution in [2.45, 2.75) is 27.2 Å². The minimum atomic E-state index is -4.94. The van der Waals surface area contributed by atoms with Crippen molar-refractivity contribution in [3.63, 3.8) is 0 Å². The quantitative estimate of drug-likeness (QED) is 0.284. The van der Waals surface area contributed by atoms with Crippen molar-refractivity contribution in [3.05, 3.63) is 28.8 Å². The van der Waals surface area contributed by atoms with Gasteiger partial charge in [-0.15, -0.1) is 0 Å². The second kappa shape index (κ2) is 8.13. The summed E-state index contributed by atoms with van der Waals surface area (Å²) in [6, 6.07) is 4.91. The summed E-state index contributed by atoms with van der Waals surface area (Å²) < 4.78 is 35.7. The van der Waals surface area contributed by atoms with Crippen LogP contribution in [0.15, 0.2) is 23.4 Å². The van der Waals surface area contributed by atoms with Gasteiger partial charge in [-0.05, 0) is 6.07 Å². The number of hydrogen-bond acceptors (Lipinski definition) is 6. The monoisotopic (exact) mass is 398 g/mol. The van der Waals surface area contributed by atoms with E-state index < -0.39 is 15.8 Å². The number of halogens is 1. The molecule has 1 aromatic rings. The van der Waals surface area contributed by atoms with Crippen molar-refractivity contribution in [2.24, 2.45) is 10.6 Å². The van der Waals surface area contributed by atoms with E-state index in [1.807, 2.05) is 0 Å². The third kappa shape index (κ3) is 5.25. The van der Waals surface area contributed by atoms with Gasteiger partial charge < -0.3 is 9.45 Å². The van der Waals surface area contributed by atoms with Crippen LogP contribution in [0.25, 0.3) is 0 Å². The van der Waals surface area contributed by atoms with Gasteiger partial charge in [0.1, 0.15) is 0 Å². The molecule has 0 unspecified atom stereocenters. The Morgan fingerprint density at radius 1 is 1.38 bits per heavy atom. The molecule has 0 saturated carbocycles. The summed E-state index contributed by atoms with van der Waals surface area (Å²) in [6.45, 7) is 5.64. The van der Waals surface area contributed by atoms with E-state index in [-0.39, 0.29) is 76.0 Å². The first kappa shape index (κ1) is 22.0. The zero-order valence-corrected chi connectivity index (χ0v) is 18.6. The average Bonchev–Trinajstić information content (AvgIpc) is 2.42. The second-order valence-corrected chi connectivity index (χ2v) is 7.49. The minimum absolute atomic E-state index is 0. The van der Waals surface area contributed by atoms with Gasteiger partial charge >= 0.3 is 51.4 Å². The van der Waals surface area contributed by atoms with Crippen LogP contribution in [0.1, 0.15) is 32.8 Å². The SMILES string of the molecule is CC(C)(C)C(=O)N1CC/C(=N\OS(=O)(=O)[O-])c2cccc(Cl)c21.[K+]. The van der Waals surface area contributed by atoms with Gasteiger partial charge in [-0.25, -0.2) is 0 Å². The van der Waals surface area contributed by atoms with Crippen LogP contribution >= 0.6 is 11.6 Å². The molecule has 1 aromatic carbocycles. The molecule has 1 aliphatic heterocycles. The average molecular weight is 399 g/mol. The summed E-state index contributed by atoms with van der Waals surface area (Å²) in [5, 5.41) is 3.74. The summed E-state index contributed by atoms with van der Waals surface area (Å²) in [5.74, 6) is -0.122. The Kier molecular flexibility index (Phi) is 7.46. The molecule has 0 aliphatic carbocycles. The van der Waals surface area contributed by atoms with E-state index in [9.17, 15) is 17.8 Å². The number of oxime groups is 1. The molecule has 1 aliphatic rings. The summed E-state index contributed by atoms with van der Waals surface area (Å²) in [4.78, 5) is 14.2. The molecule has 24 heavy (non-hydrogen) atoms. The standard InChI is InChI=1S/C14H17ClN2O5S.K/c1-14(2,3)13(18)17-8-7-11(16-22-23(19,20)21)9-5-4-6-10(15)12(9)17;/h4-6H,7-8H2,1-3H3,(H,19,20,21);/q;+1/p-1/b16-11+;. The fourth-order valence-electron chi connectivity index (χ4n) is 2.28. The van der Waals surface area contributed by atoms with E-state index in [1.54, 1.807) is 43.9 Å². The van der Waals surface area contributed by atoms with Crippen molar-refractivity contribution in [1.82, 2.24) is 0 Å². The van der Waals surface area contributed by atoms with E-state index in [0.717, 1.165) is 0 Å². The Morgan fingerprint density at radius 2 is 2.00 bits per heavy atom. The first-order valence-electron chi connectivity index (χ1n) is 6.83. The fourth-order valence-corrected chi connectivity index (χ4v) is 2.74. The van der Waals surface area contributed by atoms with Crippen LogP contribution in [0.3, 0.4) is 0 Å². The molecule has 7 nitrogen and oxygen atoms in total. The molecular formula is C14H16ClKN2O5S. The topological polar surface area (TPSA) is 99.1 Å². The van der Waals surface area contributed by atoms with Gasteiger partial charge in [0.15, 0.2) is 0 Å². The molecule has 1 amide bonds. The third-order valence-electron chi connectivity index (χ3n) is 3.27. The molecule has 0 radical (unpaired) electrons. The molecule has 0 bridgehead atoms. The maximum absolute atomic E-state index is 12.6. The van der Waals surface area contributed by atoms with Crippen molar-refractivity contribution < 1.29 is 73.4 Å². The zero-order valence-electron chi connectivity index (χ0n) is 13.9. The van der Waals surface area contributed by atoms with Gasteiger partial charge in [0.2, 0.25) is 5.91 Å². The van der Waals surface area contributed by atoms with Gasteiger partial charge in [0.25, 0.3) is 10.4 Å². The predicted octanol–water partition coefficient (Wildman–Crippen LogP) is -0.692. The molecule has 0 spiro atoms. The van der Waals surface area contributed by atoms with Crippen LogP contribution in [0.4, 0.5) is 5.69 Å². The maximum Gasteiger partial charge on any atom is 1.00 e. The van der Waals surface area contributed by atoms with Crippen LogP contribution in [-0.2, 0) is 19.5 Å². The maximum atomic E-state index is 12.6. The van der Waals surface area contributed by atoms with Crippen LogP contribution in [0.2, 0.25) is 5.02 Å². The van der Waals surface area contributed by atoms with Gasteiger partial charge in [0.05, 0.1) is 16.4 Å². The number of anilines is 1. The Balaban J connectivity index is 0.00000288. The molecule has 0 N–H and O–H groups in total. The predicted molar refractivity (Wildman–Crippen MR) is 85.2 cm³/mol. The van der Waals surface area contributed by atoms with E-state index in [4.69, 9.17) is 11.6 Å². The van der Waals surface area contributed by atoms with Crippen LogP contribution < -0.4 is 56.3 Å². The molecule has 0 atom stereocenters. The van der Waals surface area contributed by atoms with Gasteiger partial charge in [-0.3, -0.25) is 9.08 Å². The summed E-state index contributed by atoms with van der Waals surface area (Å²) in [7, 11) is -4.94. The van der Waals surface area contributed by atoms with Crippen LogP contribution in [0.5, 0.6) is 0 Å². The van der Waals surface area contributed by atoms with E-state index in [0.29, 0.717) is 16.3 Å². The normalized spacial score (nSPS) is 16.4. The molecule has 0 saturated heterocycles. The Hall–Kier alpha value is -0.00364. The minimum Gasteiger partial charge on any atom is -0.714 e. The molecule has 0 aromatic heterocycles. The van der Waals surface area contributed by atoms with E-state index in [2.05, 4.69) is 9.44 Å². The third-order valence-corrected chi connectivity index (χ3v) is 3.83. The number of nitrogens with zero attached hydrogens (tertiary/aromatic N) is 2. The first-order valence-corrected chi connectivity index (χ1v) is 8.54. The van der Waals surface area contributed by atoms with E-state index >= 15 is 0 Å². The van der Waals surface area contributed by atoms with Crippen molar-refractivity contribution in [2.75, 3.05) is 11.4 Å². The van der Waals surface area contributed by atoms with Crippen molar-refractivity contribution >= 4 is 39.3 Å². The largest absolute Gasteiger partial charge is 1.00 e. The number of carbonyl (C=O) groups excluding carboxylic acids is 1. The fraction of sp³-hybridized carbons (Fsp3) is 0.429. The van der Waals surface area contributed by atoms with Gasteiger partial charge in [0, 0.05) is 23.9 Å². The molecule has 126 valence electrons. The number of rotatable bonds is 2. The Bertz CT molecular complexity index is 774. The van der Waals surface area contributed by atoms with Gasteiger partial charge in [-0.2, -0.15) is 8.42 Å². The Morgan fingerprint density at radius 3 is 2.54 bits per heavy atom. The molecule has 2 rings (SSSR count). The number of fused-ring (bicyclic) bond motifs is 1. The van der Waals surface area contributed by atoms with Crippen molar-refractivity contribution in [1.29, 1.82) is 0 Å². The first-order chi connectivity index (χ1) is 10.5. The number of hydrogen-bond donors (Lipinski definition) is 0. The number of para-hydroxylation sites is 1. The number of benzene rings is 1.